The minimum absolute atomic E-state index is 0.0800. The Bertz CT molecular complexity index is 685. The SMILES string of the molecule is CSC1C(C(=O)c2cccnc2)=C(CC(=O)O)C(=O)N1CC(C)C. The lowest BCUT2D eigenvalue weighted by molar-refractivity contribution is -0.137. The van der Waals surface area contributed by atoms with Crippen LogP contribution in [0.3, 0.4) is 0 Å². The van der Waals surface area contributed by atoms with Gasteiger partial charge in [-0.1, -0.05) is 13.8 Å². The van der Waals surface area contributed by atoms with Crippen molar-refractivity contribution in [2.24, 2.45) is 5.92 Å². The Morgan fingerprint density at radius 2 is 2.12 bits per heavy atom. The van der Waals surface area contributed by atoms with Crippen LogP contribution in [-0.4, -0.2) is 50.8 Å². The van der Waals surface area contributed by atoms with Crippen molar-refractivity contribution in [3.8, 4) is 0 Å². The lowest BCUT2D eigenvalue weighted by Gasteiger charge is -2.27. The molecule has 6 nitrogen and oxygen atoms in total. The first-order chi connectivity index (χ1) is 11.4. The number of pyridine rings is 1. The van der Waals surface area contributed by atoms with Crippen LogP contribution in [0.5, 0.6) is 0 Å². The first-order valence-corrected chi connectivity index (χ1v) is 8.89. The molecule has 0 saturated heterocycles. The van der Waals surface area contributed by atoms with Crippen LogP contribution in [0, 0.1) is 5.92 Å². The number of hydrogen-bond acceptors (Lipinski definition) is 5. The smallest absolute Gasteiger partial charge is 0.308 e. The summed E-state index contributed by atoms with van der Waals surface area (Å²) < 4.78 is 0. The summed E-state index contributed by atoms with van der Waals surface area (Å²) in [5, 5.41) is 8.68. The van der Waals surface area contributed by atoms with E-state index < -0.39 is 17.8 Å². The van der Waals surface area contributed by atoms with Crippen molar-refractivity contribution < 1.29 is 19.5 Å². The highest BCUT2D eigenvalue weighted by atomic mass is 32.2. The lowest BCUT2D eigenvalue weighted by Crippen LogP contribution is -2.37. The van der Waals surface area contributed by atoms with E-state index in [-0.39, 0.29) is 28.8 Å². The topological polar surface area (TPSA) is 87.6 Å². The van der Waals surface area contributed by atoms with Gasteiger partial charge >= 0.3 is 5.97 Å². The third-order valence-electron chi connectivity index (χ3n) is 3.66. The number of carbonyl (C=O) groups is 3. The zero-order chi connectivity index (χ0) is 17.9. The lowest BCUT2D eigenvalue weighted by atomic mass is 9.99. The molecule has 1 amide bonds. The number of Topliss-reactive ketones (excluding diaryl/α,β-unsaturated/α-hetero) is 1. The van der Waals surface area contributed by atoms with Gasteiger partial charge < -0.3 is 10.0 Å². The fourth-order valence-electron chi connectivity index (χ4n) is 2.74. The molecule has 0 bridgehead atoms. The zero-order valence-electron chi connectivity index (χ0n) is 13.9. The van der Waals surface area contributed by atoms with Gasteiger partial charge in [-0.2, -0.15) is 0 Å². The Morgan fingerprint density at radius 1 is 1.42 bits per heavy atom. The van der Waals surface area contributed by atoms with Crippen LogP contribution in [0.15, 0.2) is 35.7 Å². The summed E-state index contributed by atoms with van der Waals surface area (Å²) in [5.41, 5.74) is 0.702. The van der Waals surface area contributed by atoms with Gasteiger partial charge in [0.05, 0.1) is 6.42 Å². The number of rotatable bonds is 7. The summed E-state index contributed by atoms with van der Waals surface area (Å²) in [6.45, 7) is 4.42. The zero-order valence-corrected chi connectivity index (χ0v) is 14.7. The number of ketones is 1. The number of nitrogens with zero attached hydrogens (tertiary/aromatic N) is 2. The van der Waals surface area contributed by atoms with Gasteiger partial charge in [0.2, 0.25) is 0 Å². The summed E-state index contributed by atoms with van der Waals surface area (Å²) in [6, 6.07) is 3.26. The highest BCUT2D eigenvalue weighted by Gasteiger charge is 2.42. The van der Waals surface area contributed by atoms with Crippen LogP contribution in [0.2, 0.25) is 0 Å². The standard InChI is InChI=1S/C17H20N2O4S/c1-10(2)9-19-16(23)12(7-13(20)21)14(17(19)24-3)15(22)11-5-4-6-18-8-11/h4-6,8,10,17H,7,9H2,1-3H3,(H,20,21). The molecule has 0 aliphatic carbocycles. The van der Waals surface area contributed by atoms with Crippen molar-refractivity contribution in [2.75, 3.05) is 12.8 Å². The third kappa shape index (κ3) is 3.67. The maximum Gasteiger partial charge on any atom is 0.308 e. The van der Waals surface area contributed by atoms with Crippen LogP contribution in [-0.2, 0) is 9.59 Å². The molecule has 0 aromatic carbocycles. The number of carboxylic acids is 1. The molecule has 2 rings (SSSR count). The Labute approximate surface area is 144 Å². The quantitative estimate of drug-likeness (QED) is 0.760. The number of hydrogen-bond donors (Lipinski definition) is 1. The van der Waals surface area contributed by atoms with Crippen molar-refractivity contribution in [2.45, 2.75) is 25.6 Å². The van der Waals surface area contributed by atoms with Crippen molar-refractivity contribution in [1.29, 1.82) is 0 Å². The van der Waals surface area contributed by atoms with E-state index >= 15 is 0 Å². The first kappa shape index (κ1) is 18.2. The van der Waals surface area contributed by atoms with E-state index in [0.717, 1.165) is 0 Å². The van der Waals surface area contributed by atoms with Crippen LogP contribution < -0.4 is 0 Å². The second kappa shape index (κ2) is 7.61. The number of aromatic nitrogens is 1. The monoisotopic (exact) mass is 348 g/mol. The van der Waals surface area contributed by atoms with E-state index in [4.69, 9.17) is 5.11 Å². The summed E-state index contributed by atoms with van der Waals surface area (Å²) in [6.07, 6.45) is 4.35. The van der Waals surface area contributed by atoms with Crippen molar-refractivity contribution in [1.82, 2.24) is 9.88 Å². The number of thioether (sulfide) groups is 1. The molecule has 1 aromatic heterocycles. The van der Waals surface area contributed by atoms with Gasteiger partial charge in [-0.05, 0) is 24.3 Å². The van der Waals surface area contributed by atoms with Crippen LogP contribution in [0.4, 0.5) is 0 Å². The second-order valence-electron chi connectivity index (χ2n) is 5.97. The molecule has 1 unspecified atom stereocenters. The normalized spacial score (nSPS) is 17.8. The number of aliphatic carboxylic acids is 1. The van der Waals surface area contributed by atoms with Crippen molar-refractivity contribution >= 4 is 29.4 Å². The maximum absolute atomic E-state index is 12.9. The minimum Gasteiger partial charge on any atom is -0.481 e. The molecule has 7 heteroatoms. The van der Waals surface area contributed by atoms with Gasteiger partial charge in [-0.25, -0.2) is 0 Å². The molecule has 0 radical (unpaired) electrons. The van der Waals surface area contributed by atoms with E-state index in [1.54, 1.807) is 23.2 Å². The molecule has 1 aliphatic rings. The van der Waals surface area contributed by atoms with Gasteiger partial charge in [0.15, 0.2) is 5.78 Å². The second-order valence-corrected chi connectivity index (χ2v) is 6.89. The molecule has 1 aromatic rings. The van der Waals surface area contributed by atoms with Crippen molar-refractivity contribution in [3.05, 3.63) is 41.2 Å². The van der Waals surface area contributed by atoms with Gasteiger partial charge in [0.1, 0.15) is 5.37 Å². The molecule has 1 atom stereocenters. The largest absolute Gasteiger partial charge is 0.481 e. The highest BCUT2D eigenvalue weighted by molar-refractivity contribution is 7.99. The van der Waals surface area contributed by atoms with E-state index in [1.165, 1.54) is 18.0 Å². The van der Waals surface area contributed by atoms with Crippen LogP contribution >= 0.6 is 11.8 Å². The maximum atomic E-state index is 12.9. The molecule has 0 saturated carbocycles. The van der Waals surface area contributed by atoms with Gasteiger partial charge in [-0.15, -0.1) is 11.8 Å². The van der Waals surface area contributed by atoms with Gasteiger partial charge in [0.25, 0.3) is 5.91 Å². The fourth-order valence-corrected chi connectivity index (χ4v) is 3.66. The summed E-state index contributed by atoms with van der Waals surface area (Å²) in [5.74, 6) is -1.61. The van der Waals surface area contributed by atoms with Crippen LogP contribution in [0.1, 0.15) is 30.6 Å². The Morgan fingerprint density at radius 3 is 2.62 bits per heavy atom. The minimum atomic E-state index is -1.12. The Hall–Kier alpha value is -2.15. The highest BCUT2D eigenvalue weighted by Crippen LogP contribution is 2.36. The Balaban J connectivity index is 2.50. The van der Waals surface area contributed by atoms with E-state index in [1.807, 2.05) is 20.1 Å². The fraction of sp³-hybridized carbons (Fsp3) is 0.412. The predicted molar refractivity (Wildman–Crippen MR) is 91.7 cm³/mol. The molecule has 1 aliphatic heterocycles. The van der Waals surface area contributed by atoms with Gasteiger partial charge in [-0.3, -0.25) is 19.4 Å². The van der Waals surface area contributed by atoms with Gasteiger partial charge in [0, 0.05) is 35.6 Å². The summed E-state index contributed by atoms with van der Waals surface area (Å²) >= 11 is 1.36. The van der Waals surface area contributed by atoms with E-state index in [9.17, 15) is 14.4 Å². The summed E-state index contributed by atoms with van der Waals surface area (Å²) in [4.78, 5) is 42.3. The number of amides is 1. The molecule has 0 fully saturated rings. The third-order valence-corrected chi connectivity index (χ3v) is 4.59. The summed E-state index contributed by atoms with van der Waals surface area (Å²) in [7, 11) is 0. The molecule has 0 spiro atoms. The van der Waals surface area contributed by atoms with E-state index in [0.29, 0.717) is 12.1 Å². The average Bonchev–Trinajstić information content (AvgIpc) is 2.79. The molecule has 128 valence electrons. The molecular weight excluding hydrogens is 328 g/mol. The first-order valence-electron chi connectivity index (χ1n) is 7.60. The molecule has 1 N–H and O–H groups in total. The van der Waals surface area contributed by atoms with Crippen molar-refractivity contribution in [3.63, 3.8) is 0 Å². The molecule has 2 heterocycles. The molecular formula is C17H20N2O4S. The Kier molecular flexibility index (Phi) is 5.77. The number of carboxylic acid groups (broad SMARTS) is 1. The van der Waals surface area contributed by atoms with Crippen LogP contribution in [0.25, 0.3) is 0 Å². The average molecular weight is 348 g/mol. The number of carbonyl (C=O) groups excluding carboxylic acids is 2. The van der Waals surface area contributed by atoms with E-state index in [2.05, 4.69) is 4.98 Å². The molecule has 24 heavy (non-hydrogen) atoms. The predicted octanol–water partition coefficient (Wildman–Crippen LogP) is 2.22.